The van der Waals surface area contributed by atoms with Crippen molar-refractivity contribution in [3.8, 4) is 11.5 Å². The molecule has 0 saturated carbocycles. The number of halogens is 2. The molecule has 3 rings (SSSR count). The van der Waals surface area contributed by atoms with Crippen molar-refractivity contribution in [1.82, 2.24) is 5.32 Å². The largest absolute Gasteiger partial charge is 0.490 e. The molecule has 3 aromatic carbocycles. The van der Waals surface area contributed by atoms with Crippen LogP contribution in [-0.2, 0) is 13.2 Å². The van der Waals surface area contributed by atoms with E-state index in [0.29, 0.717) is 41.3 Å². The van der Waals surface area contributed by atoms with Gasteiger partial charge in [-0.25, -0.2) is 4.39 Å². The second-order valence-electron chi connectivity index (χ2n) is 6.32. The number of hydrogen-bond acceptors (Lipinski definition) is 3. The summed E-state index contributed by atoms with van der Waals surface area (Å²) in [4.78, 5) is 0.617. The maximum absolute atomic E-state index is 13.0. The molecule has 0 aliphatic rings. The van der Waals surface area contributed by atoms with Gasteiger partial charge in [-0.2, -0.15) is 0 Å². The van der Waals surface area contributed by atoms with Crippen LogP contribution in [0.5, 0.6) is 11.5 Å². The van der Waals surface area contributed by atoms with Gasteiger partial charge in [-0.15, -0.1) is 0 Å². The van der Waals surface area contributed by atoms with E-state index in [4.69, 9.17) is 33.3 Å². The highest BCUT2D eigenvalue weighted by molar-refractivity contribution is 7.80. The van der Waals surface area contributed by atoms with Crippen molar-refractivity contribution in [2.75, 3.05) is 6.61 Å². The Kier molecular flexibility index (Phi) is 7.44. The summed E-state index contributed by atoms with van der Waals surface area (Å²) in [5.41, 5.74) is 2.80. The van der Waals surface area contributed by atoms with Gasteiger partial charge < -0.3 is 14.8 Å². The summed E-state index contributed by atoms with van der Waals surface area (Å²) < 4.78 is 24.6. The molecule has 0 radical (unpaired) electrons. The zero-order valence-corrected chi connectivity index (χ0v) is 17.5. The lowest BCUT2D eigenvalue weighted by atomic mass is 10.1. The van der Waals surface area contributed by atoms with Crippen LogP contribution in [0.3, 0.4) is 0 Å². The lowest BCUT2D eigenvalue weighted by Crippen LogP contribution is -2.21. The van der Waals surface area contributed by atoms with Crippen molar-refractivity contribution in [3.63, 3.8) is 0 Å². The van der Waals surface area contributed by atoms with Crippen LogP contribution >= 0.6 is 23.8 Å². The molecule has 3 aromatic rings. The first-order valence-electron chi connectivity index (χ1n) is 9.22. The van der Waals surface area contributed by atoms with Gasteiger partial charge >= 0.3 is 0 Å². The van der Waals surface area contributed by atoms with Gasteiger partial charge in [0.2, 0.25) is 0 Å². The van der Waals surface area contributed by atoms with Crippen LogP contribution < -0.4 is 14.8 Å². The summed E-state index contributed by atoms with van der Waals surface area (Å²) >= 11 is 11.4. The molecule has 0 aromatic heterocycles. The minimum absolute atomic E-state index is 0.271. The van der Waals surface area contributed by atoms with Crippen molar-refractivity contribution in [1.29, 1.82) is 0 Å². The first-order valence-corrected chi connectivity index (χ1v) is 10.0. The Morgan fingerprint density at radius 2 is 1.62 bits per heavy atom. The van der Waals surface area contributed by atoms with Crippen molar-refractivity contribution < 1.29 is 13.9 Å². The zero-order chi connectivity index (χ0) is 20.6. The van der Waals surface area contributed by atoms with Crippen molar-refractivity contribution >= 4 is 28.8 Å². The minimum atomic E-state index is -0.271. The van der Waals surface area contributed by atoms with Crippen molar-refractivity contribution in [2.24, 2.45) is 0 Å². The van der Waals surface area contributed by atoms with Gasteiger partial charge in [0, 0.05) is 17.1 Å². The Morgan fingerprint density at radius 3 is 2.31 bits per heavy atom. The third-order valence-electron chi connectivity index (χ3n) is 4.18. The van der Waals surface area contributed by atoms with E-state index in [1.807, 2.05) is 49.4 Å². The molecule has 6 heteroatoms. The third-order valence-corrected chi connectivity index (χ3v) is 4.81. The van der Waals surface area contributed by atoms with Crippen LogP contribution in [0.1, 0.15) is 23.6 Å². The Bertz CT molecular complexity index is 962. The molecule has 29 heavy (non-hydrogen) atoms. The van der Waals surface area contributed by atoms with Gasteiger partial charge in [-0.1, -0.05) is 48.1 Å². The standard InChI is InChI=1S/C23H21ClFNO2S/c1-2-27-22-13-18(23(29)26-14-16-3-8-19(24)9-4-16)7-12-21(22)28-15-17-5-10-20(25)11-6-17/h3-13H,2,14-15H2,1H3,(H,26,29). The van der Waals surface area contributed by atoms with Crippen molar-refractivity contribution in [2.45, 2.75) is 20.1 Å². The van der Waals surface area contributed by atoms with E-state index in [9.17, 15) is 4.39 Å². The number of rotatable bonds is 8. The molecule has 0 spiro atoms. The van der Waals surface area contributed by atoms with E-state index in [0.717, 1.165) is 16.7 Å². The molecule has 0 aliphatic carbocycles. The molecule has 1 N–H and O–H groups in total. The average Bonchev–Trinajstić information content (AvgIpc) is 2.73. The molecule has 0 aliphatic heterocycles. The van der Waals surface area contributed by atoms with Crippen LogP contribution in [0, 0.1) is 5.82 Å². The Labute approximate surface area is 180 Å². The fraction of sp³-hybridized carbons (Fsp3) is 0.174. The number of ether oxygens (including phenoxy) is 2. The molecule has 0 unspecified atom stereocenters. The predicted molar refractivity (Wildman–Crippen MR) is 118 cm³/mol. The maximum atomic E-state index is 13.0. The van der Waals surface area contributed by atoms with E-state index in [1.165, 1.54) is 12.1 Å². The molecular formula is C23H21ClFNO2S. The molecule has 0 bridgehead atoms. The number of thiocarbonyl (C=S) groups is 1. The van der Waals surface area contributed by atoms with Crippen LogP contribution in [0.15, 0.2) is 66.7 Å². The Hall–Kier alpha value is -2.63. The van der Waals surface area contributed by atoms with Gasteiger partial charge in [0.25, 0.3) is 0 Å². The lowest BCUT2D eigenvalue weighted by Gasteiger charge is -2.15. The molecule has 150 valence electrons. The highest BCUT2D eigenvalue weighted by Crippen LogP contribution is 2.29. The zero-order valence-electron chi connectivity index (χ0n) is 16.0. The van der Waals surface area contributed by atoms with Crippen molar-refractivity contribution in [3.05, 3.63) is 94.3 Å². The number of benzene rings is 3. The van der Waals surface area contributed by atoms with Gasteiger partial charge in [0.15, 0.2) is 11.5 Å². The molecule has 0 atom stereocenters. The minimum Gasteiger partial charge on any atom is -0.490 e. The number of nitrogens with one attached hydrogen (secondary N) is 1. The highest BCUT2D eigenvalue weighted by Gasteiger charge is 2.10. The SMILES string of the molecule is CCOc1cc(C(=S)NCc2ccc(Cl)cc2)ccc1OCc1ccc(F)cc1. The quantitative estimate of drug-likeness (QED) is 0.450. The van der Waals surface area contributed by atoms with Gasteiger partial charge in [0.1, 0.15) is 17.4 Å². The van der Waals surface area contributed by atoms with Crippen LogP contribution in [0.2, 0.25) is 5.02 Å². The van der Waals surface area contributed by atoms with E-state index in [1.54, 1.807) is 12.1 Å². The molecule has 3 nitrogen and oxygen atoms in total. The monoisotopic (exact) mass is 429 g/mol. The first kappa shape index (κ1) is 21.1. The number of hydrogen-bond donors (Lipinski definition) is 1. The summed E-state index contributed by atoms with van der Waals surface area (Å²) in [6.45, 7) is 3.33. The fourth-order valence-electron chi connectivity index (χ4n) is 2.67. The second-order valence-corrected chi connectivity index (χ2v) is 7.16. The van der Waals surface area contributed by atoms with Gasteiger partial charge in [-0.05, 0) is 60.5 Å². The smallest absolute Gasteiger partial charge is 0.161 e. The third kappa shape index (κ3) is 6.17. The summed E-state index contributed by atoms with van der Waals surface area (Å²) in [5.74, 6) is 0.955. The normalized spacial score (nSPS) is 10.4. The molecular weight excluding hydrogens is 409 g/mol. The van der Waals surface area contributed by atoms with E-state index >= 15 is 0 Å². The average molecular weight is 430 g/mol. The van der Waals surface area contributed by atoms with E-state index < -0.39 is 0 Å². The van der Waals surface area contributed by atoms with Crippen LogP contribution in [0.25, 0.3) is 0 Å². The fourth-order valence-corrected chi connectivity index (χ4v) is 2.99. The second kappa shape index (κ2) is 10.2. The summed E-state index contributed by atoms with van der Waals surface area (Å²) in [5, 5.41) is 3.95. The molecule has 0 saturated heterocycles. The lowest BCUT2D eigenvalue weighted by molar-refractivity contribution is 0.269. The Balaban J connectivity index is 1.66. The predicted octanol–water partition coefficient (Wildman–Crippen LogP) is 5.92. The van der Waals surface area contributed by atoms with Crippen LogP contribution in [0.4, 0.5) is 4.39 Å². The topological polar surface area (TPSA) is 30.5 Å². The summed E-state index contributed by atoms with van der Waals surface area (Å²) in [7, 11) is 0. The molecule has 0 fully saturated rings. The van der Waals surface area contributed by atoms with E-state index in [2.05, 4.69) is 5.32 Å². The maximum Gasteiger partial charge on any atom is 0.161 e. The van der Waals surface area contributed by atoms with Crippen LogP contribution in [-0.4, -0.2) is 11.6 Å². The molecule has 0 amide bonds. The summed E-state index contributed by atoms with van der Waals surface area (Å²) in [6, 6.07) is 19.4. The Morgan fingerprint density at radius 1 is 0.931 bits per heavy atom. The molecule has 0 heterocycles. The summed E-state index contributed by atoms with van der Waals surface area (Å²) in [6.07, 6.45) is 0. The highest BCUT2D eigenvalue weighted by atomic mass is 35.5. The van der Waals surface area contributed by atoms with Gasteiger partial charge in [-0.3, -0.25) is 0 Å². The van der Waals surface area contributed by atoms with E-state index in [-0.39, 0.29) is 5.82 Å². The van der Waals surface area contributed by atoms with Gasteiger partial charge in [0.05, 0.1) is 6.61 Å². The first-order chi connectivity index (χ1) is 14.0.